The Morgan fingerprint density at radius 3 is 2.71 bits per heavy atom. The quantitative estimate of drug-likeness (QED) is 0.873. The topological polar surface area (TPSA) is 79.5 Å². The van der Waals surface area contributed by atoms with Crippen molar-refractivity contribution in [3.05, 3.63) is 23.2 Å². The minimum atomic E-state index is -1.06. The summed E-state index contributed by atoms with van der Waals surface area (Å²) in [5.41, 5.74) is 0.0812. The summed E-state index contributed by atoms with van der Waals surface area (Å²) in [6, 6.07) is 1.50. The van der Waals surface area contributed by atoms with Crippen LogP contribution in [-0.4, -0.2) is 23.0 Å². The number of carboxylic acid groups (broad SMARTS) is 1. The normalized spacial score (nSPS) is 22.0. The first-order chi connectivity index (χ1) is 10.0. The van der Waals surface area contributed by atoms with Crippen molar-refractivity contribution in [3.63, 3.8) is 0 Å². The minimum Gasteiger partial charge on any atom is -0.478 e. The first-order valence-electron chi connectivity index (χ1n) is 7.72. The van der Waals surface area contributed by atoms with Gasteiger partial charge in [-0.25, -0.2) is 4.79 Å². The van der Waals surface area contributed by atoms with E-state index in [1.165, 1.54) is 12.5 Å². The van der Waals surface area contributed by atoms with Crippen LogP contribution >= 0.6 is 0 Å². The number of carbonyl (C=O) groups excluding carboxylic acids is 1. The lowest BCUT2D eigenvalue weighted by Crippen LogP contribution is -2.38. The summed E-state index contributed by atoms with van der Waals surface area (Å²) in [5, 5.41) is 12.1. The number of carboxylic acids is 1. The Morgan fingerprint density at radius 2 is 2.14 bits per heavy atom. The maximum absolute atomic E-state index is 12.2. The van der Waals surface area contributed by atoms with Crippen molar-refractivity contribution in [1.29, 1.82) is 0 Å². The monoisotopic (exact) mass is 293 g/mol. The number of rotatable bonds is 5. The summed E-state index contributed by atoms with van der Waals surface area (Å²) in [5.74, 6) is -0.246. The molecule has 2 rings (SSSR count). The first-order valence-corrected chi connectivity index (χ1v) is 7.72. The standard InChI is InChI=1S/C16H23NO4/c1-3-10-6-5-7-11(8-10)17-15(18)14-9-12(16(19)20)13(4-2)21-14/h9-11H,3-8H2,1-2H3,(H,17,18)(H,19,20). The highest BCUT2D eigenvalue weighted by atomic mass is 16.4. The van der Waals surface area contributed by atoms with E-state index in [9.17, 15) is 9.59 Å². The van der Waals surface area contributed by atoms with Gasteiger partial charge in [-0.1, -0.05) is 33.1 Å². The molecule has 1 aromatic rings. The zero-order chi connectivity index (χ0) is 15.4. The van der Waals surface area contributed by atoms with Crippen molar-refractivity contribution in [1.82, 2.24) is 5.32 Å². The van der Waals surface area contributed by atoms with E-state index in [0.717, 1.165) is 25.7 Å². The predicted octanol–water partition coefficient (Wildman–Crippen LogP) is 3.24. The molecule has 0 spiro atoms. The molecular formula is C16H23NO4. The molecule has 1 fully saturated rings. The number of amides is 1. The molecule has 0 radical (unpaired) electrons. The van der Waals surface area contributed by atoms with E-state index in [0.29, 0.717) is 18.1 Å². The van der Waals surface area contributed by atoms with Crippen LogP contribution in [-0.2, 0) is 6.42 Å². The Labute approximate surface area is 124 Å². The van der Waals surface area contributed by atoms with Crippen molar-refractivity contribution in [2.24, 2.45) is 5.92 Å². The number of hydrogen-bond acceptors (Lipinski definition) is 3. The molecule has 1 amide bonds. The van der Waals surface area contributed by atoms with Gasteiger partial charge in [-0.15, -0.1) is 0 Å². The lowest BCUT2D eigenvalue weighted by molar-refractivity contribution is 0.0694. The van der Waals surface area contributed by atoms with Gasteiger partial charge in [-0.3, -0.25) is 4.79 Å². The summed E-state index contributed by atoms with van der Waals surface area (Å²) in [6.45, 7) is 3.98. The molecule has 116 valence electrons. The van der Waals surface area contributed by atoms with Crippen LogP contribution in [0.4, 0.5) is 0 Å². The molecule has 0 aromatic carbocycles. The molecular weight excluding hydrogens is 270 g/mol. The number of furan rings is 1. The van der Waals surface area contributed by atoms with Crippen molar-refractivity contribution in [3.8, 4) is 0 Å². The summed E-state index contributed by atoms with van der Waals surface area (Å²) < 4.78 is 5.39. The summed E-state index contributed by atoms with van der Waals surface area (Å²) in [7, 11) is 0. The van der Waals surface area contributed by atoms with Crippen molar-refractivity contribution < 1.29 is 19.1 Å². The maximum atomic E-state index is 12.2. The van der Waals surface area contributed by atoms with Gasteiger partial charge in [-0.05, 0) is 18.8 Å². The highest BCUT2D eigenvalue weighted by Crippen LogP contribution is 2.27. The number of aromatic carboxylic acids is 1. The molecule has 2 N–H and O–H groups in total. The van der Waals surface area contributed by atoms with E-state index in [2.05, 4.69) is 12.2 Å². The van der Waals surface area contributed by atoms with E-state index >= 15 is 0 Å². The lowest BCUT2D eigenvalue weighted by Gasteiger charge is -2.28. The molecule has 1 heterocycles. The predicted molar refractivity (Wildman–Crippen MR) is 78.5 cm³/mol. The Hall–Kier alpha value is -1.78. The van der Waals surface area contributed by atoms with Crippen LogP contribution in [0.15, 0.2) is 10.5 Å². The third-order valence-corrected chi connectivity index (χ3v) is 4.28. The third-order valence-electron chi connectivity index (χ3n) is 4.28. The number of nitrogens with one attached hydrogen (secondary N) is 1. The van der Waals surface area contributed by atoms with Crippen LogP contribution in [0.3, 0.4) is 0 Å². The van der Waals surface area contributed by atoms with Crippen LogP contribution in [0, 0.1) is 5.92 Å². The molecule has 21 heavy (non-hydrogen) atoms. The van der Waals surface area contributed by atoms with Crippen LogP contribution in [0.5, 0.6) is 0 Å². The molecule has 0 saturated heterocycles. The lowest BCUT2D eigenvalue weighted by atomic mass is 9.84. The SMILES string of the molecule is CCc1oc(C(=O)NC2CCCC(CC)C2)cc1C(=O)O. The van der Waals surface area contributed by atoms with Gasteiger partial charge in [0.15, 0.2) is 5.76 Å². The molecule has 1 aromatic heterocycles. The number of carbonyl (C=O) groups is 2. The summed E-state index contributed by atoms with van der Waals surface area (Å²) in [6.07, 6.45) is 5.92. The van der Waals surface area contributed by atoms with Gasteiger partial charge >= 0.3 is 5.97 Å². The maximum Gasteiger partial charge on any atom is 0.339 e. The van der Waals surface area contributed by atoms with E-state index in [1.807, 2.05) is 0 Å². The van der Waals surface area contributed by atoms with Gasteiger partial charge in [0.2, 0.25) is 0 Å². The molecule has 1 aliphatic rings. The van der Waals surface area contributed by atoms with Crippen molar-refractivity contribution >= 4 is 11.9 Å². The second-order valence-electron chi connectivity index (χ2n) is 5.72. The highest BCUT2D eigenvalue weighted by molar-refractivity contribution is 5.96. The Kier molecular flexibility index (Phi) is 5.04. The zero-order valence-electron chi connectivity index (χ0n) is 12.6. The van der Waals surface area contributed by atoms with Gasteiger partial charge < -0.3 is 14.8 Å². The molecule has 2 unspecified atom stereocenters. The van der Waals surface area contributed by atoms with Crippen LogP contribution in [0.2, 0.25) is 0 Å². The van der Waals surface area contributed by atoms with Gasteiger partial charge in [0.25, 0.3) is 5.91 Å². The molecule has 1 aliphatic carbocycles. The van der Waals surface area contributed by atoms with Gasteiger partial charge in [-0.2, -0.15) is 0 Å². The average molecular weight is 293 g/mol. The van der Waals surface area contributed by atoms with Crippen molar-refractivity contribution in [2.75, 3.05) is 0 Å². The van der Waals surface area contributed by atoms with E-state index in [-0.39, 0.29) is 23.3 Å². The largest absolute Gasteiger partial charge is 0.478 e. The molecule has 5 nitrogen and oxygen atoms in total. The Balaban J connectivity index is 2.04. The Morgan fingerprint density at radius 1 is 1.38 bits per heavy atom. The van der Waals surface area contributed by atoms with E-state index < -0.39 is 5.97 Å². The second kappa shape index (κ2) is 6.78. The second-order valence-corrected chi connectivity index (χ2v) is 5.72. The van der Waals surface area contributed by atoms with Crippen LogP contribution in [0.25, 0.3) is 0 Å². The molecule has 0 aliphatic heterocycles. The summed E-state index contributed by atoms with van der Waals surface area (Å²) in [4.78, 5) is 23.3. The van der Waals surface area contributed by atoms with E-state index in [1.54, 1.807) is 6.92 Å². The average Bonchev–Trinajstić information content (AvgIpc) is 2.92. The van der Waals surface area contributed by atoms with Gasteiger partial charge in [0, 0.05) is 18.5 Å². The van der Waals surface area contributed by atoms with Gasteiger partial charge in [0.05, 0.1) is 0 Å². The zero-order valence-corrected chi connectivity index (χ0v) is 12.6. The summed E-state index contributed by atoms with van der Waals surface area (Å²) >= 11 is 0. The van der Waals surface area contributed by atoms with Crippen molar-refractivity contribution in [2.45, 2.75) is 58.4 Å². The minimum absolute atomic E-state index is 0.0812. The third kappa shape index (κ3) is 3.65. The number of hydrogen-bond donors (Lipinski definition) is 2. The molecule has 2 atom stereocenters. The molecule has 5 heteroatoms. The van der Waals surface area contributed by atoms with Crippen LogP contribution in [0.1, 0.15) is 72.6 Å². The molecule has 0 bridgehead atoms. The van der Waals surface area contributed by atoms with Crippen LogP contribution < -0.4 is 5.32 Å². The fraction of sp³-hybridized carbons (Fsp3) is 0.625. The fourth-order valence-electron chi connectivity index (χ4n) is 3.03. The Bertz CT molecular complexity index is 520. The fourth-order valence-corrected chi connectivity index (χ4v) is 3.03. The highest BCUT2D eigenvalue weighted by Gasteiger charge is 2.25. The molecule has 1 saturated carbocycles. The number of aryl methyl sites for hydroxylation is 1. The first kappa shape index (κ1) is 15.6. The smallest absolute Gasteiger partial charge is 0.339 e. The van der Waals surface area contributed by atoms with E-state index in [4.69, 9.17) is 9.52 Å². The van der Waals surface area contributed by atoms with Gasteiger partial charge in [0.1, 0.15) is 11.3 Å².